The topological polar surface area (TPSA) is 49.6 Å². The maximum atomic E-state index is 13.3. The molecule has 1 saturated heterocycles. The van der Waals surface area contributed by atoms with Crippen LogP contribution in [0.25, 0.3) is 11.1 Å². The molecule has 5 nitrogen and oxygen atoms in total. The molecule has 0 bridgehead atoms. The van der Waals surface area contributed by atoms with Crippen molar-refractivity contribution in [1.29, 1.82) is 0 Å². The third-order valence-corrected chi connectivity index (χ3v) is 6.00. The number of oxazole rings is 1. The summed E-state index contributed by atoms with van der Waals surface area (Å²) in [6, 6.07) is 26.3. The van der Waals surface area contributed by atoms with E-state index in [2.05, 4.69) is 53.3 Å². The van der Waals surface area contributed by atoms with Crippen LogP contribution in [0.5, 0.6) is 0 Å². The van der Waals surface area contributed by atoms with Crippen LogP contribution in [0.3, 0.4) is 0 Å². The molecule has 31 heavy (non-hydrogen) atoms. The molecule has 1 atom stereocenters. The van der Waals surface area contributed by atoms with Crippen LogP contribution in [0, 0.1) is 0 Å². The third kappa shape index (κ3) is 4.09. The molecule has 4 aromatic rings. The lowest BCUT2D eigenvalue weighted by atomic mass is 10.0. The Bertz CT molecular complexity index is 1190. The summed E-state index contributed by atoms with van der Waals surface area (Å²) in [6.45, 7) is 2.24. The molecule has 0 radical (unpaired) electrons. The molecule has 2 heterocycles. The summed E-state index contributed by atoms with van der Waals surface area (Å²) in [4.78, 5) is 22.2. The van der Waals surface area contributed by atoms with Crippen molar-refractivity contribution in [3.8, 4) is 0 Å². The number of rotatable bonds is 4. The van der Waals surface area contributed by atoms with Crippen molar-refractivity contribution in [3.05, 3.63) is 101 Å². The zero-order valence-corrected chi connectivity index (χ0v) is 17.6. The molecule has 1 amide bonds. The predicted molar refractivity (Wildman–Crippen MR) is 121 cm³/mol. The first kappa shape index (κ1) is 19.5. The van der Waals surface area contributed by atoms with Crippen LogP contribution in [-0.4, -0.2) is 47.4 Å². The molecule has 5 heteroatoms. The Morgan fingerprint density at radius 1 is 1.00 bits per heavy atom. The summed E-state index contributed by atoms with van der Waals surface area (Å²) < 4.78 is 5.90. The molecule has 5 rings (SSSR count). The Morgan fingerprint density at radius 2 is 1.74 bits per heavy atom. The van der Waals surface area contributed by atoms with Gasteiger partial charge < -0.3 is 9.32 Å². The summed E-state index contributed by atoms with van der Waals surface area (Å²) in [6.07, 6.45) is 0.635. The predicted octanol–water partition coefficient (Wildman–Crippen LogP) is 4.55. The number of carbonyl (C=O) groups is 1. The average Bonchev–Trinajstić information content (AvgIpc) is 3.21. The van der Waals surface area contributed by atoms with E-state index < -0.39 is 0 Å². The Labute approximate surface area is 181 Å². The van der Waals surface area contributed by atoms with Crippen LogP contribution >= 0.6 is 0 Å². The van der Waals surface area contributed by atoms with Crippen LogP contribution < -0.4 is 0 Å². The van der Waals surface area contributed by atoms with Gasteiger partial charge in [0.25, 0.3) is 5.91 Å². The minimum atomic E-state index is 0.0449. The van der Waals surface area contributed by atoms with Gasteiger partial charge in [-0.05, 0) is 36.4 Å². The Balaban J connectivity index is 1.35. The Morgan fingerprint density at radius 3 is 2.52 bits per heavy atom. The number of likely N-dealkylation sites (N-methyl/N-ethyl adjacent to an activating group) is 1. The number of amides is 1. The minimum Gasteiger partial charge on any atom is -0.440 e. The van der Waals surface area contributed by atoms with E-state index in [4.69, 9.17) is 4.42 Å². The normalized spacial score (nSPS) is 17.2. The van der Waals surface area contributed by atoms with Gasteiger partial charge >= 0.3 is 0 Å². The third-order valence-electron chi connectivity index (χ3n) is 6.00. The molecule has 156 valence electrons. The molecule has 0 N–H and O–H groups in total. The van der Waals surface area contributed by atoms with Gasteiger partial charge in [-0.25, -0.2) is 4.98 Å². The Kier molecular flexibility index (Phi) is 5.26. The monoisotopic (exact) mass is 411 g/mol. The minimum absolute atomic E-state index is 0.0449. The van der Waals surface area contributed by atoms with Crippen LogP contribution in [-0.2, 0) is 6.42 Å². The molecule has 0 saturated carbocycles. The van der Waals surface area contributed by atoms with Gasteiger partial charge in [0.2, 0.25) is 0 Å². The lowest BCUT2D eigenvalue weighted by Crippen LogP contribution is -2.49. The van der Waals surface area contributed by atoms with E-state index in [-0.39, 0.29) is 11.9 Å². The number of hydrogen-bond acceptors (Lipinski definition) is 4. The molecule has 0 spiro atoms. The van der Waals surface area contributed by atoms with Crippen LogP contribution in [0.4, 0.5) is 0 Å². The second-order valence-electron chi connectivity index (χ2n) is 8.11. The molecule has 3 aromatic carbocycles. The van der Waals surface area contributed by atoms with Gasteiger partial charge in [-0.1, -0.05) is 60.7 Å². The van der Waals surface area contributed by atoms with Gasteiger partial charge in [0.15, 0.2) is 11.5 Å². The van der Waals surface area contributed by atoms with Crippen molar-refractivity contribution >= 4 is 17.0 Å². The van der Waals surface area contributed by atoms with Crippen molar-refractivity contribution in [3.63, 3.8) is 0 Å². The molecular formula is C26H25N3O2. The highest BCUT2D eigenvalue weighted by atomic mass is 16.3. The van der Waals surface area contributed by atoms with Gasteiger partial charge in [-0.2, -0.15) is 0 Å². The zero-order valence-electron chi connectivity index (χ0n) is 17.6. The maximum absolute atomic E-state index is 13.3. The van der Waals surface area contributed by atoms with Crippen molar-refractivity contribution in [2.75, 3.05) is 26.7 Å². The van der Waals surface area contributed by atoms with Crippen LogP contribution in [0.1, 0.15) is 33.4 Å². The maximum Gasteiger partial charge on any atom is 0.254 e. The molecule has 0 aliphatic carbocycles. The average molecular weight is 412 g/mol. The number of nitrogens with zero attached hydrogens (tertiary/aromatic N) is 3. The smallest absolute Gasteiger partial charge is 0.254 e. The molecule has 1 aliphatic heterocycles. The largest absolute Gasteiger partial charge is 0.440 e. The van der Waals surface area contributed by atoms with Gasteiger partial charge in [-0.15, -0.1) is 0 Å². The molecule has 1 aliphatic rings. The number of piperazine rings is 1. The molecule has 1 aromatic heterocycles. The summed E-state index contributed by atoms with van der Waals surface area (Å²) >= 11 is 0. The van der Waals surface area contributed by atoms with Crippen molar-refractivity contribution in [2.45, 2.75) is 12.5 Å². The second kappa shape index (κ2) is 8.36. The number of aromatic nitrogens is 1. The van der Waals surface area contributed by atoms with E-state index in [0.29, 0.717) is 30.0 Å². The van der Waals surface area contributed by atoms with Gasteiger partial charge in [0, 0.05) is 31.6 Å². The first-order chi connectivity index (χ1) is 15.2. The standard InChI is InChI=1S/C26H25N3O2/c1-28-14-15-29(18-23(28)20-10-6-3-7-11-20)26(30)21-12-13-24-22(17-21)27-25(31-24)16-19-8-4-2-5-9-19/h2-13,17,23H,14-16,18H2,1H3. The highest BCUT2D eigenvalue weighted by Crippen LogP contribution is 2.26. The summed E-state index contributed by atoms with van der Waals surface area (Å²) in [5, 5.41) is 0. The SMILES string of the molecule is CN1CCN(C(=O)c2ccc3oc(Cc4ccccc4)nc3c2)CC1c1ccccc1. The van der Waals surface area contributed by atoms with Crippen LogP contribution in [0.15, 0.2) is 83.3 Å². The van der Waals surface area contributed by atoms with E-state index in [9.17, 15) is 4.79 Å². The van der Waals surface area contributed by atoms with E-state index in [1.165, 1.54) is 5.56 Å². The number of fused-ring (bicyclic) bond motifs is 1. The fraction of sp³-hybridized carbons (Fsp3) is 0.231. The van der Waals surface area contributed by atoms with Crippen LogP contribution in [0.2, 0.25) is 0 Å². The number of benzene rings is 3. The fourth-order valence-corrected chi connectivity index (χ4v) is 4.23. The molecular weight excluding hydrogens is 386 g/mol. The summed E-state index contributed by atoms with van der Waals surface area (Å²) in [5.41, 5.74) is 4.48. The van der Waals surface area contributed by atoms with Crippen molar-refractivity contribution in [1.82, 2.24) is 14.8 Å². The summed E-state index contributed by atoms with van der Waals surface area (Å²) in [5.74, 6) is 0.707. The Hall–Kier alpha value is -3.44. The van der Waals surface area contributed by atoms with Gasteiger partial charge in [-0.3, -0.25) is 9.69 Å². The van der Waals surface area contributed by atoms with Crippen molar-refractivity contribution < 1.29 is 9.21 Å². The fourth-order valence-electron chi connectivity index (χ4n) is 4.23. The number of carbonyl (C=O) groups excluding carboxylic acids is 1. The molecule has 1 unspecified atom stereocenters. The first-order valence-electron chi connectivity index (χ1n) is 10.7. The molecule has 1 fully saturated rings. The highest BCUT2D eigenvalue weighted by Gasteiger charge is 2.29. The van der Waals surface area contributed by atoms with Gasteiger partial charge in [0.05, 0.1) is 6.04 Å². The van der Waals surface area contributed by atoms with E-state index in [1.807, 2.05) is 47.4 Å². The van der Waals surface area contributed by atoms with Gasteiger partial charge in [0.1, 0.15) is 5.52 Å². The quantitative estimate of drug-likeness (QED) is 0.494. The lowest BCUT2D eigenvalue weighted by molar-refractivity contribution is 0.0546. The van der Waals surface area contributed by atoms with E-state index in [1.54, 1.807) is 0 Å². The van der Waals surface area contributed by atoms with Crippen molar-refractivity contribution in [2.24, 2.45) is 0 Å². The lowest BCUT2D eigenvalue weighted by Gasteiger charge is -2.39. The summed E-state index contributed by atoms with van der Waals surface area (Å²) in [7, 11) is 2.12. The van der Waals surface area contributed by atoms with E-state index in [0.717, 1.165) is 24.2 Å². The zero-order chi connectivity index (χ0) is 21.2. The number of hydrogen-bond donors (Lipinski definition) is 0. The highest BCUT2D eigenvalue weighted by molar-refractivity contribution is 5.97. The first-order valence-corrected chi connectivity index (χ1v) is 10.7. The second-order valence-corrected chi connectivity index (χ2v) is 8.11. The van der Waals surface area contributed by atoms with E-state index >= 15 is 0 Å².